The van der Waals surface area contributed by atoms with Crippen LogP contribution >= 0.6 is 0 Å². The lowest BCUT2D eigenvalue weighted by Crippen LogP contribution is -2.62. The fraction of sp³-hybridized carbons (Fsp3) is 0.259. The molecule has 3 aromatic carbocycles. The standard InChI is InChI=1S/C27H22N4O4/c1-26-27(28,25(33)34-2)11-18(35-26)30-16-9-5-3-7-13(16)20-21-15(12-29-24(21)32)19-14-8-4-6-10-17(14)31(26)23(19)22(20)30/h3-10,18H,11-12,28H2,1-2H3,(H,29,32)/t18-,26+,27+/m1/s1. The van der Waals surface area contributed by atoms with Gasteiger partial charge >= 0.3 is 5.97 Å². The predicted octanol–water partition coefficient (Wildman–Crippen LogP) is 3.62. The van der Waals surface area contributed by atoms with Crippen LogP contribution in [-0.4, -0.2) is 33.7 Å². The molecule has 2 bridgehead atoms. The van der Waals surface area contributed by atoms with E-state index in [-0.39, 0.29) is 12.3 Å². The molecular weight excluding hydrogens is 444 g/mol. The number of hydrogen-bond donors (Lipinski definition) is 2. The van der Waals surface area contributed by atoms with Crippen molar-refractivity contribution >= 4 is 55.5 Å². The zero-order valence-corrected chi connectivity index (χ0v) is 19.2. The molecule has 3 N–H and O–H groups in total. The van der Waals surface area contributed by atoms with Crippen molar-refractivity contribution in [2.24, 2.45) is 5.73 Å². The van der Waals surface area contributed by atoms with Crippen LogP contribution in [0.15, 0.2) is 48.5 Å². The Bertz CT molecular complexity index is 1830. The first-order valence-electron chi connectivity index (χ1n) is 11.7. The maximum Gasteiger partial charge on any atom is 0.331 e. The fourth-order valence-electron chi connectivity index (χ4n) is 6.95. The Morgan fingerprint density at radius 1 is 1.09 bits per heavy atom. The second kappa shape index (κ2) is 5.84. The van der Waals surface area contributed by atoms with Crippen molar-refractivity contribution in [3.63, 3.8) is 0 Å². The molecule has 3 atom stereocenters. The lowest BCUT2D eigenvalue weighted by Gasteiger charge is -2.38. The molecule has 35 heavy (non-hydrogen) atoms. The molecule has 1 fully saturated rings. The van der Waals surface area contributed by atoms with Crippen LogP contribution in [0.3, 0.4) is 0 Å². The lowest BCUT2D eigenvalue weighted by atomic mass is 9.86. The molecule has 1 amide bonds. The monoisotopic (exact) mass is 466 g/mol. The van der Waals surface area contributed by atoms with E-state index in [2.05, 4.69) is 20.5 Å². The Balaban J connectivity index is 1.73. The Morgan fingerprint density at radius 3 is 2.51 bits per heavy atom. The van der Waals surface area contributed by atoms with Crippen molar-refractivity contribution in [1.29, 1.82) is 0 Å². The molecule has 5 heterocycles. The van der Waals surface area contributed by atoms with E-state index < -0.39 is 23.5 Å². The first kappa shape index (κ1) is 19.4. The van der Waals surface area contributed by atoms with Gasteiger partial charge in [-0.3, -0.25) is 4.79 Å². The maximum absolute atomic E-state index is 13.3. The number of fused-ring (bicyclic) bond motifs is 13. The minimum absolute atomic E-state index is 0.0640. The number of carbonyl (C=O) groups is 2. The van der Waals surface area contributed by atoms with E-state index in [1.165, 1.54) is 7.11 Å². The predicted molar refractivity (Wildman–Crippen MR) is 131 cm³/mol. The van der Waals surface area contributed by atoms with Gasteiger partial charge in [0.25, 0.3) is 5.91 Å². The summed E-state index contributed by atoms with van der Waals surface area (Å²) in [4.78, 5) is 26.5. The van der Waals surface area contributed by atoms with Crippen molar-refractivity contribution in [2.45, 2.75) is 37.4 Å². The fourth-order valence-corrected chi connectivity index (χ4v) is 6.95. The van der Waals surface area contributed by atoms with E-state index in [1.54, 1.807) is 0 Å². The number of benzene rings is 3. The summed E-state index contributed by atoms with van der Waals surface area (Å²) in [5.74, 6) is -0.575. The molecule has 0 radical (unpaired) electrons. The molecule has 0 aliphatic carbocycles. The average Bonchev–Trinajstić information content (AvgIpc) is 3.55. The maximum atomic E-state index is 13.3. The summed E-state index contributed by atoms with van der Waals surface area (Å²) >= 11 is 0. The normalized spacial score (nSPS) is 26.7. The van der Waals surface area contributed by atoms with Gasteiger partial charge in [0.1, 0.15) is 6.23 Å². The van der Waals surface area contributed by atoms with Gasteiger partial charge in [-0.15, -0.1) is 0 Å². The van der Waals surface area contributed by atoms with Gasteiger partial charge in [0.05, 0.1) is 34.7 Å². The molecule has 174 valence electrons. The number of carbonyl (C=O) groups excluding carboxylic acids is 2. The summed E-state index contributed by atoms with van der Waals surface area (Å²) in [6.45, 7) is 2.33. The summed E-state index contributed by atoms with van der Waals surface area (Å²) in [6.07, 6.45) is -0.281. The number of nitrogens with zero attached hydrogens (tertiary/aromatic N) is 2. The third kappa shape index (κ3) is 1.89. The van der Waals surface area contributed by atoms with Gasteiger partial charge in [-0.25, -0.2) is 4.79 Å². The van der Waals surface area contributed by atoms with Crippen LogP contribution < -0.4 is 11.1 Å². The molecule has 8 rings (SSSR count). The van der Waals surface area contributed by atoms with Gasteiger partial charge in [0, 0.05) is 34.5 Å². The number of aromatic nitrogens is 2. The molecule has 1 saturated heterocycles. The molecule has 2 aromatic heterocycles. The zero-order chi connectivity index (χ0) is 23.9. The Morgan fingerprint density at radius 2 is 1.77 bits per heavy atom. The van der Waals surface area contributed by atoms with Gasteiger partial charge in [-0.1, -0.05) is 36.4 Å². The Hall–Kier alpha value is -3.88. The molecule has 5 aromatic rings. The third-order valence-corrected chi connectivity index (χ3v) is 8.47. The van der Waals surface area contributed by atoms with Crippen molar-refractivity contribution < 1.29 is 19.1 Å². The van der Waals surface area contributed by atoms with Crippen molar-refractivity contribution in [3.05, 3.63) is 59.7 Å². The highest BCUT2D eigenvalue weighted by Gasteiger charge is 2.64. The van der Waals surface area contributed by atoms with Crippen LogP contribution in [0.2, 0.25) is 0 Å². The van der Waals surface area contributed by atoms with Crippen molar-refractivity contribution in [3.8, 4) is 0 Å². The molecule has 3 aliphatic rings. The molecule has 0 saturated carbocycles. The second-order valence-electron chi connectivity index (χ2n) is 9.95. The summed E-state index contributed by atoms with van der Waals surface area (Å²) in [5.41, 5.74) is 9.71. The molecule has 0 spiro atoms. The van der Waals surface area contributed by atoms with Gasteiger partial charge in [-0.2, -0.15) is 0 Å². The first-order valence-corrected chi connectivity index (χ1v) is 11.7. The van der Waals surface area contributed by atoms with E-state index in [4.69, 9.17) is 15.2 Å². The number of ether oxygens (including phenoxy) is 2. The Labute approximate surface area is 199 Å². The van der Waals surface area contributed by atoms with Gasteiger partial charge in [0.2, 0.25) is 0 Å². The smallest absolute Gasteiger partial charge is 0.331 e. The summed E-state index contributed by atoms with van der Waals surface area (Å²) in [7, 11) is 1.36. The highest BCUT2D eigenvalue weighted by molar-refractivity contribution is 6.31. The van der Waals surface area contributed by atoms with E-state index in [0.29, 0.717) is 6.54 Å². The molecule has 3 aliphatic heterocycles. The summed E-state index contributed by atoms with van der Waals surface area (Å²) in [5, 5.41) is 6.95. The SMILES string of the molecule is COC(=O)[C@@]1(N)C[C@H]2O[C@]1(C)n1c3ccccc3c3c4c(c5c6ccccc6n2c5c31)C(=O)NC4. The van der Waals surface area contributed by atoms with Gasteiger partial charge < -0.3 is 29.7 Å². The quantitative estimate of drug-likeness (QED) is 0.368. The third-order valence-electron chi connectivity index (χ3n) is 8.47. The van der Waals surface area contributed by atoms with Gasteiger partial charge in [0.15, 0.2) is 11.3 Å². The second-order valence-corrected chi connectivity index (χ2v) is 9.95. The lowest BCUT2D eigenvalue weighted by molar-refractivity contribution is -0.165. The number of methoxy groups -OCH3 is 1. The number of nitrogens with two attached hydrogens (primary N) is 1. The van der Waals surface area contributed by atoms with Gasteiger partial charge in [-0.05, 0) is 24.6 Å². The zero-order valence-electron chi connectivity index (χ0n) is 19.2. The molecule has 0 unspecified atom stereocenters. The highest BCUT2D eigenvalue weighted by atomic mass is 16.6. The number of amides is 1. The van der Waals surface area contributed by atoms with Crippen LogP contribution in [0, 0.1) is 0 Å². The topological polar surface area (TPSA) is 101 Å². The molecule has 8 heteroatoms. The average molecular weight is 466 g/mol. The van der Waals surface area contributed by atoms with E-state index >= 15 is 0 Å². The van der Waals surface area contributed by atoms with Crippen LogP contribution in [0.5, 0.6) is 0 Å². The van der Waals surface area contributed by atoms with Crippen LogP contribution in [0.25, 0.3) is 43.6 Å². The number of esters is 1. The van der Waals surface area contributed by atoms with Crippen molar-refractivity contribution in [2.75, 3.05) is 7.11 Å². The van der Waals surface area contributed by atoms with E-state index in [0.717, 1.165) is 54.7 Å². The number of hydrogen-bond acceptors (Lipinski definition) is 5. The molecular formula is C27H22N4O4. The summed E-state index contributed by atoms with van der Waals surface area (Å²) < 4.78 is 16.3. The number of para-hydroxylation sites is 2. The van der Waals surface area contributed by atoms with Crippen LogP contribution in [0.1, 0.15) is 35.5 Å². The first-order chi connectivity index (χ1) is 16.9. The van der Waals surface area contributed by atoms with Crippen molar-refractivity contribution in [1.82, 2.24) is 14.5 Å². The Kier molecular flexibility index (Phi) is 3.24. The van der Waals surface area contributed by atoms with E-state index in [9.17, 15) is 9.59 Å². The number of rotatable bonds is 1. The minimum Gasteiger partial charge on any atom is -0.468 e. The highest BCUT2D eigenvalue weighted by Crippen LogP contribution is 2.57. The largest absolute Gasteiger partial charge is 0.468 e. The van der Waals surface area contributed by atoms with Crippen LogP contribution in [-0.2, 0) is 26.5 Å². The summed E-state index contributed by atoms with van der Waals surface area (Å²) in [6, 6.07) is 16.1. The molecule has 8 nitrogen and oxygen atoms in total. The minimum atomic E-state index is -1.43. The van der Waals surface area contributed by atoms with Crippen LogP contribution in [0.4, 0.5) is 0 Å². The number of nitrogens with one attached hydrogen (secondary N) is 1. The van der Waals surface area contributed by atoms with E-state index in [1.807, 2.05) is 49.4 Å².